The molecule has 0 aliphatic carbocycles. The van der Waals surface area contributed by atoms with Crippen LogP contribution in [0.1, 0.15) is 66.0 Å². The zero-order chi connectivity index (χ0) is 19.4. The van der Waals surface area contributed by atoms with Crippen molar-refractivity contribution in [2.24, 2.45) is 0 Å². The van der Waals surface area contributed by atoms with Gasteiger partial charge in [-0.1, -0.05) is 78.8 Å². The molecule has 0 saturated heterocycles. The van der Waals surface area contributed by atoms with E-state index in [0.29, 0.717) is 0 Å². The number of anilines is 1. The Labute approximate surface area is 160 Å². The van der Waals surface area contributed by atoms with E-state index in [9.17, 15) is 0 Å². The van der Waals surface area contributed by atoms with Crippen molar-refractivity contribution < 1.29 is 4.74 Å². The summed E-state index contributed by atoms with van der Waals surface area (Å²) in [5, 5.41) is 3.48. The van der Waals surface area contributed by atoms with Crippen molar-refractivity contribution in [1.29, 1.82) is 0 Å². The highest BCUT2D eigenvalue weighted by Gasteiger charge is 2.24. The average molecular weight is 354 g/mol. The van der Waals surface area contributed by atoms with Crippen molar-refractivity contribution in [3.63, 3.8) is 0 Å². The highest BCUT2D eigenvalue weighted by molar-refractivity contribution is 5.44. The predicted molar refractivity (Wildman–Crippen MR) is 113 cm³/mol. The van der Waals surface area contributed by atoms with Gasteiger partial charge in [-0.2, -0.15) is 0 Å². The van der Waals surface area contributed by atoms with E-state index in [2.05, 4.69) is 84.1 Å². The fraction of sp³-hybridized carbons (Fsp3) is 0.500. The third kappa shape index (κ3) is 5.52. The van der Waals surface area contributed by atoms with Gasteiger partial charge in [0.25, 0.3) is 0 Å². The van der Waals surface area contributed by atoms with E-state index in [1.807, 2.05) is 18.2 Å². The lowest BCUT2D eigenvalue weighted by Gasteiger charge is -2.29. The molecule has 0 aliphatic rings. The van der Waals surface area contributed by atoms with Crippen molar-refractivity contribution in [3.8, 4) is 5.75 Å². The lowest BCUT2D eigenvalue weighted by atomic mass is 9.80. The number of benzene rings is 2. The molecule has 0 radical (unpaired) electrons. The second kappa shape index (κ2) is 8.16. The lowest BCUT2D eigenvalue weighted by Crippen LogP contribution is -2.27. The summed E-state index contributed by atoms with van der Waals surface area (Å²) in [4.78, 5) is 0. The maximum atomic E-state index is 6.45. The summed E-state index contributed by atoms with van der Waals surface area (Å²) >= 11 is 0. The maximum absolute atomic E-state index is 6.45. The second-order valence-corrected chi connectivity index (χ2v) is 9.11. The molecule has 0 amide bonds. The SMILES string of the molecule is CCC(CNc1ccccc1)Oc1ccc(C(C)(C)C)cc1C(C)(C)C. The number of nitrogens with one attached hydrogen (secondary N) is 1. The van der Waals surface area contributed by atoms with E-state index in [0.717, 1.165) is 24.4 Å². The van der Waals surface area contributed by atoms with Crippen LogP contribution in [0.3, 0.4) is 0 Å². The number of hydrogen-bond acceptors (Lipinski definition) is 2. The Morgan fingerprint density at radius 2 is 1.54 bits per heavy atom. The first kappa shape index (κ1) is 20.4. The van der Waals surface area contributed by atoms with E-state index in [1.54, 1.807) is 0 Å². The molecule has 0 fully saturated rings. The van der Waals surface area contributed by atoms with Gasteiger partial charge in [-0.05, 0) is 46.6 Å². The Morgan fingerprint density at radius 1 is 0.885 bits per heavy atom. The molecule has 2 nitrogen and oxygen atoms in total. The van der Waals surface area contributed by atoms with Crippen LogP contribution in [0.2, 0.25) is 0 Å². The monoisotopic (exact) mass is 353 g/mol. The Hall–Kier alpha value is -1.96. The number of para-hydroxylation sites is 1. The minimum Gasteiger partial charge on any atom is -0.488 e. The van der Waals surface area contributed by atoms with Crippen LogP contribution in [0.15, 0.2) is 48.5 Å². The zero-order valence-electron chi connectivity index (χ0n) is 17.5. The largest absolute Gasteiger partial charge is 0.488 e. The minimum absolute atomic E-state index is 0.0434. The molecule has 0 heterocycles. The molecule has 0 aliphatic heterocycles. The van der Waals surface area contributed by atoms with Crippen LogP contribution >= 0.6 is 0 Å². The summed E-state index contributed by atoms with van der Waals surface area (Å²) in [5.41, 5.74) is 3.95. The number of ether oxygens (including phenoxy) is 1. The summed E-state index contributed by atoms with van der Waals surface area (Å²) in [6, 6.07) is 17.0. The summed E-state index contributed by atoms with van der Waals surface area (Å²) in [6.07, 6.45) is 1.10. The third-order valence-corrected chi connectivity index (χ3v) is 4.71. The highest BCUT2D eigenvalue weighted by Crippen LogP contribution is 2.36. The quantitative estimate of drug-likeness (QED) is 0.635. The first-order valence-corrected chi connectivity index (χ1v) is 9.72. The van der Waals surface area contributed by atoms with Gasteiger partial charge < -0.3 is 10.1 Å². The first-order valence-electron chi connectivity index (χ1n) is 9.72. The summed E-state index contributed by atoms with van der Waals surface area (Å²) in [5.74, 6) is 1.01. The molecule has 2 heteroatoms. The van der Waals surface area contributed by atoms with Crippen LogP contribution in [0, 0.1) is 0 Å². The van der Waals surface area contributed by atoms with Gasteiger partial charge in [0.1, 0.15) is 11.9 Å². The van der Waals surface area contributed by atoms with E-state index in [-0.39, 0.29) is 16.9 Å². The Morgan fingerprint density at radius 3 is 2.08 bits per heavy atom. The van der Waals surface area contributed by atoms with Gasteiger partial charge in [-0.3, -0.25) is 0 Å². The standard InChI is InChI=1S/C24H35NO/c1-8-20(17-25-19-12-10-9-11-13-19)26-22-15-14-18(23(2,3)4)16-21(22)24(5,6)7/h9-16,20,25H,8,17H2,1-7H3. The summed E-state index contributed by atoms with van der Waals surface area (Å²) < 4.78 is 6.45. The molecule has 0 spiro atoms. The Kier molecular flexibility index (Phi) is 6.39. The van der Waals surface area contributed by atoms with Crippen molar-refractivity contribution in [2.45, 2.75) is 71.8 Å². The lowest BCUT2D eigenvalue weighted by molar-refractivity contribution is 0.205. The van der Waals surface area contributed by atoms with Crippen molar-refractivity contribution in [1.82, 2.24) is 0 Å². The van der Waals surface area contributed by atoms with E-state index in [4.69, 9.17) is 4.74 Å². The molecule has 2 aromatic rings. The molecule has 0 aromatic heterocycles. The molecule has 1 N–H and O–H groups in total. The normalized spacial score (nSPS) is 13.3. The fourth-order valence-corrected chi connectivity index (χ4v) is 2.92. The van der Waals surface area contributed by atoms with Crippen LogP contribution in [-0.2, 0) is 10.8 Å². The fourth-order valence-electron chi connectivity index (χ4n) is 2.92. The van der Waals surface area contributed by atoms with Crippen LogP contribution in [0.5, 0.6) is 5.75 Å². The number of hydrogen-bond donors (Lipinski definition) is 1. The molecule has 0 bridgehead atoms. The molecule has 1 unspecified atom stereocenters. The maximum Gasteiger partial charge on any atom is 0.123 e. The molecule has 142 valence electrons. The first-order chi connectivity index (χ1) is 12.1. The van der Waals surface area contributed by atoms with Gasteiger partial charge in [-0.25, -0.2) is 0 Å². The smallest absolute Gasteiger partial charge is 0.123 e. The van der Waals surface area contributed by atoms with Crippen molar-refractivity contribution in [2.75, 3.05) is 11.9 Å². The molecule has 2 rings (SSSR count). The van der Waals surface area contributed by atoms with Gasteiger partial charge in [0.15, 0.2) is 0 Å². The van der Waals surface area contributed by atoms with Gasteiger partial charge in [-0.15, -0.1) is 0 Å². The van der Waals surface area contributed by atoms with Crippen LogP contribution < -0.4 is 10.1 Å². The molecule has 26 heavy (non-hydrogen) atoms. The molecule has 0 saturated carbocycles. The summed E-state index contributed by atoms with van der Waals surface area (Å²) in [6.45, 7) is 16.5. The molecular formula is C24H35NO. The molecule has 2 aromatic carbocycles. The highest BCUT2D eigenvalue weighted by atomic mass is 16.5. The van der Waals surface area contributed by atoms with Gasteiger partial charge in [0, 0.05) is 5.69 Å². The van der Waals surface area contributed by atoms with E-state index in [1.165, 1.54) is 11.1 Å². The number of rotatable bonds is 6. The van der Waals surface area contributed by atoms with E-state index < -0.39 is 0 Å². The van der Waals surface area contributed by atoms with E-state index >= 15 is 0 Å². The third-order valence-electron chi connectivity index (χ3n) is 4.71. The molecular weight excluding hydrogens is 318 g/mol. The van der Waals surface area contributed by atoms with Crippen LogP contribution in [0.4, 0.5) is 5.69 Å². The van der Waals surface area contributed by atoms with Crippen molar-refractivity contribution >= 4 is 5.69 Å². The Balaban J connectivity index is 2.20. The van der Waals surface area contributed by atoms with Gasteiger partial charge in [0.2, 0.25) is 0 Å². The van der Waals surface area contributed by atoms with Gasteiger partial charge in [0.05, 0.1) is 6.54 Å². The van der Waals surface area contributed by atoms with Gasteiger partial charge >= 0.3 is 0 Å². The minimum atomic E-state index is 0.0434. The Bertz CT molecular complexity index is 692. The van der Waals surface area contributed by atoms with Crippen LogP contribution in [0.25, 0.3) is 0 Å². The topological polar surface area (TPSA) is 21.3 Å². The zero-order valence-corrected chi connectivity index (χ0v) is 17.5. The second-order valence-electron chi connectivity index (χ2n) is 9.11. The molecule has 1 atom stereocenters. The predicted octanol–water partition coefficient (Wildman–Crippen LogP) is 6.55. The summed E-state index contributed by atoms with van der Waals surface area (Å²) in [7, 11) is 0. The van der Waals surface area contributed by atoms with Crippen LogP contribution in [-0.4, -0.2) is 12.6 Å². The average Bonchev–Trinajstić information content (AvgIpc) is 2.57. The van der Waals surface area contributed by atoms with Crippen molar-refractivity contribution in [3.05, 3.63) is 59.7 Å².